The molecule has 0 unspecified atom stereocenters. The number of aryl methyl sites for hydroxylation is 1. The third-order valence-electron chi connectivity index (χ3n) is 3.07. The molecule has 0 aromatic carbocycles. The molecule has 5 nitrogen and oxygen atoms in total. The third kappa shape index (κ3) is 4.12. The minimum atomic E-state index is -1.06. The monoisotopic (exact) mass is 266 g/mol. The Hall–Kier alpha value is -1.78. The maximum Gasteiger partial charge on any atom is 0.354 e. The second-order valence-electron chi connectivity index (χ2n) is 4.81. The van der Waals surface area contributed by atoms with E-state index in [-0.39, 0.29) is 17.5 Å². The molecule has 1 heterocycles. The predicted octanol–water partition coefficient (Wildman–Crippen LogP) is 3.18. The summed E-state index contributed by atoms with van der Waals surface area (Å²) >= 11 is 0. The van der Waals surface area contributed by atoms with E-state index >= 15 is 0 Å². The van der Waals surface area contributed by atoms with E-state index in [0.29, 0.717) is 5.69 Å². The standard InChI is InChI=1S/C14H22N2O3/c1-4-6-10(7-5-2)13(17)16-11-8-9(3)15-12(11)14(18)19/h8,10,15H,4-7H2,1-3H3,(H,16,17)(H,18,19). The van der Waals surface area contributed by atoms with Crippen LogP contribution in [0.4, 0.5) is 5.69 Å². The van der Waals surface area contributed by atoms with Crippen LogP contribution in [0.1, 0.15) is 55.7 Å². The number of carboxylic acid groups (broad SMARTS) is 1. The van der Waals surface area contributed by atoms with Gasteiger partial charge in [0, 0.05) is 11.6 Å². The molecule has 0 aliphatic heterocycles. The van der Waals surface area contributed by atoms with Crippen molar-refractivity contribution < 1.29 is 14.7 Å². The Kier molecular flexibility index (Phi) is 5.60. The summed E-state index contributed by atoms with van der Waals surface area (Å²) in [6.45, 7) is 5.84. The second kappa shape index (κ2) is 6.97. The Bertz CT molecular complexity index is 446. The Morgan fingerprint density at radius 1 is 1.32 bits per heavy atom. The van der Waals surface area contributed by atoms with Gasteiger partial charge in [0.1, 0.15) is 5.69 Å². The number of hydrogen-bond acceptors (Lipinski definition) is 2. The van der Waals surface area contributed by atoms with Gasteiger partial charge in [-0.3, -0.25) is 4.79 Å². The fraction of sp³-hybridized carbons (Fsp3) is 0.571. The highest BCUT2D eigenvalue weighted by Gasteiger charge is 2.20. The van der Waals surface area contributed by atoms with E-state index < -0.39 is 5.97 Å². The van der Waals surface area contributed by atoms with Crippen molar-refractivity contribution in [3.8, 4) is 0 Å². The van der Waals surface area contributed by atoms with Crippen molar-refractivity contribution in [3.63, 3.8) is 0 Å². The molecule has 1 aromatic heterocycles. The lowest BCUT2D eigenvalue weighted by Crippen LogP contribution is -2.23. The van der Waals surface area contributed by atoms with E-state index in [1.54, 1.807) is 13.0 Å². The number of aromatic carboxylic acids is 1. The number of aromatic amines is 1. The van der Waals surface area contributed by atoms with Crippen LogP contribution in [0.3, 0.4) is 0 Å². The molecule has 0 saturated heterocycles. The Morgan fingerprint density at radius 2 is 1.89 bits per heavy atom. The summed E-state index contributed by atoms with van der Waals surface area (Å²) in [5.41, 5.74) is 1.11. The third-order valence-corrected chi connectivity index (χ3v) is 3.07. The summed E-state index contributed by atoms with van der Waals surface area (Å²) in [7, 11) is 0. The topological polar surface area (TPSA) is 82.2 Å². The van der Waals surface area contributed by atoms with Crippen molar-refractivity contribution in [2.75, 3.05) is 5.32 Å². The number of H-pyrrole nitrogens is 1. The minimum Gasteiger partial charge on any atom is -0.477 e. The van der Waals surface area contributed by atoms with Gasteiger partial charge in [-0.05, 0) is 25.8 Å². The average molecular weight is 266 g/mol. The zero-order valence-electron chi connectivity index (χ0n) is 11.7. The van der Waals surface area contributed by atoms with E-state index in [0.717, 1.165) is 31.4 Å². The van der Waals surface area contributed by atoms with Crippen LogP contribution in [0.2, 0.25) is 0 Å². The summed E-state index contributed by atoms with van der Waals surface area (Å²) in [5, 5.41) is 11.8. The number of nitrogens with one attached hydrogen (secondary N) is 2. The van der Waals surface area contributed by atoms with Gasteiger partial charge < -0.3 is 15.4 Å². The molecule has 0 aliphatic carbocycles. The highest BCUT2D eigenvalue weighted by atomic mass is 16.4. The zero-order valence-corrected chi connectivity index (χ0v) is 11.7. The molecular weight excluding hydrogens is 244 g/mol. The van der Waals surface area contributed by atoms with E-state index in [9.17, 15) is 9.59 Å². The number of carboxylic acids is 1. The van der Waals surface area contributed by atoms with Crippen molar-refractivity contribution in [1.29, 1.82) is 0 Å². The van der Waals surface area contributed by atoms with Gasteiger partial charge in [0.25, 0.3) is 0 Å². The van der Waals surface area contributed by atoms with Crippen molar-refractivity contribution in [1.82, 2.24) is 4.98 Å². The van der Waals surface area contributed by atoms with Crippen LogP contribution < -0.4 is 5.32 Å². The molecule has 1 amide bonds. The molecule has 0 saturated carbocycles. The smallest absolute Gasteiger partial charge is 0.354 e. The van der Waals surface area contributed by atoms with Gasteiger partial charge in [0.15, 0.2) is 0 Å². The fourth-order valence-corrected chi connectivity index (χ4v) is 2.19. The van der Waals surface area contributed by atoms with Crippen LogP contribution in [0.15, 0.2) is 6.07 Å². The molecule has 0 radical (unpaired) electrons. The summed E-state index contributed by atoms with van der Waals surface area (Å²) in [6.07, 6.45) is 3.53. The maximum absolute atomic E-state index is 12.2. The van der Waals surface area contributed by atoms with Crippen LogP contribution in [0, 0.1) is 12.8 Å². The number of rotatable bonds is 7. The predicted molar refractivity (Wildman–Crippen MR) is 74.4 cm³/mol. The number of hydrogen-bond donors (Lipinski definition) is 3. The summed E-state index contributed by atoms with van der Waals surface area (Å²) in [5.74, 6) is -1.21. The Morgan fingerprint density at radius 3 is 2.37 bits per heavy atom. The first kappa shape index (κ1) is 15.3. The highest BCUT2D eigenvalue weighted by Crippen LogP contribution is 2.20. The SMILES string of the molecule is CCCC(CCC)C(=O)Nc1cc(C)[nH]c1C(=O)O. The first-order chi connectivity index (χ1) is 8.99. The molecule has 1 rings (SSSR count). The molecule has 0 spiro atoms. The lowest BCUT2D eigenvalue weighted by Gasteiger charge is -2.14. The van der Waals surface area contributed by atoms with Crippen LogP contribution in [-0.2, 0) is 4.79 Å². The van der Waals surface area contributed by atoms with E-state index in [1.165, 1.54) is 0 Å². The van der Waals surface area contributed by atoms with E-state index in [4.69, 9.17) is 5.11 Å². The number of carbonyl (C=O) groups excluding carboxylic acids is 1. The van der Waals surface area contributed by atoms with Gasteiger partial charge in [-0.2, -0.15) is 0 Å². The lowest BCUT2D eigenvalue weighted by molar-refractivity contribution is -0.120. The summed E-state index contributed by atoms with van der Waals surface area (Å²) in [4.78, 5) is 26.0. The molecular formula is C14H22N2O3. The molecule has 0 bridgehead atoms. The normalized spacial score (nSPS) is 10.7. The molecule has 0 atom stereocenters. The van der Waals surface area contributed by atoms with Crippen molar-refractivity contribution in [3.05, 3.63) is 17.5 Å². The summed E-state index contributed by atoms with van der Waals surface area (Å²) < 4.78 is 0. The lowest BCUT2D eigenvalue weighted by atomic mass is 9.97. The van der Waals surface area contributed by atoms with Gasteiger partial charge >= 0.3 is 5.97 Å². The first-order valence-corrected chi connectivity index (χ1v) is 6.73. The molecule has 5 heteroatoms. The van der Waals surface area contributed by atoms with Gasteiger partial charge in [-0.25, -0.2) is 4.79 Å². The Balaban J connectivity index is 2.82. The van der Waals surface area contributed by atoms with Crippen LogP contribution in [0.25, 0.3) is 0 Å². The number of carbonyl (C=O) groups is 2. The largest absolute Gasteiger partial charge is 0.477 e. The summed E-state index contributed by atoms with van der Waals surface area (Å²) in [6, 6.07) is 1.65. The van der Waals surface area contributed by atoms with Crippen molar-refractivity contribution in [2.24, 2.45) is 5.92 Å². The molecule has 1 aromatic rings. The van der Waals surface area contributed by atoms with E-state index in [2.05, 4.69) is 10.3 Å². The van der Waals surface area contributed by atoms with Gasteiger partial charge in [-0.1, -0.05) is 26.7 Å². The average Bonchev–Trinajstić information content (AvgIpc) is 2.70. The van der Waals surface area contributed by atoms with Crippen molar-refractivity contribution >= 4 is 17.6 Å². The van der Waals surface area contributed by atoms with Crippen LogP contribution >= 0.6 is 0 Å². The molecule has 0 fully saturated rings. The number of amides is 1. The maximum atomic E-state index is 12.2. The van der Waals surface area contributed by atoms with Crippen LogP contribution in [-0.4, -0.2) is 22.0 Å². The van der Waals surface area contributed by atoms with Crippen molar-refractivity contribution in [2.45, 2.75) is 46.5 Å². The quantitative estimate of drug-likeness (QED) is 0.709. The number of anilines is 1. The molecule has 106 valence electrons. The molecule has 0 aliphatic rings. The molecule has 19 heavy (non-hydrogen) atoms. The van der Waals surface area contributed by atoms with E-state index in [1.807, 2.05) is 13.8 Å². The first-order valence-electron chi connectivity index (χ1n) is 6.73. The van der Waals surface area contributed by atoms with Gasteiger partial charge in [0.05, 0.1) is 5.69 Å². The zero-order chi connectivity index (χ0) is 14.4. The molecule has 3 N–H and O–H groups in total. The Labute approximate surface area is 113 Å². The second-order valence-corrected chi connectivity index (χ2v) is 4.81. The highest BCUT2D eigenvalue weighted by molar-refractivity contribution is 6.00. The van der Waals surface area contributed by atoms with Crippen LogP contribution in [0.5, 0.6) is 0 Å². The van der Waals surface area contributed by atoms with Gasteiger partial charge in [0.2, 0.25) is 5.91 Å². The minimum absolute atomic E-state index is 0.0394. The number of aromatic nitrogens is 1. The fourth-order valence-electron chi connectivity index (χ4n) is 2.19. The van der Waals surface area contributed by atoms with Gasteiger partial charge in [-0.15, -0.1) is 0 Å².